The van der Waals surface area contributed by atoms with E-state index in [1.165, 1.54) is 0 Å². The van der Waals surface area contributed by atoms with Crippen molar-refractivity contribution in [1.82, 2.24) is 15.5 Å². The molecule has 0 saturated carbocycles. The summed E-state index contributed by atoms with van der Waals surface area (Å²) in [6.07, 6.45) is 1.64. The van der Waals surface area contributed by atoms with Gasteiger partial charge in [-0.15, -0.1) is 0 Å². The van der Waals surface area contributed by atoms with Crippen LogP contribution >= 0.6 is 12.2 Å². The molecular weight excluding hydrogens is 208 g/mol. The van der Waals surface area contributed by atoms with Crippen LogP contribution in [0, 0.1) is 12.8 Å². The van der Waals surface area contributed by atoms with Gasteiger partial charge in [0.05, 0.1) is 17.6 Å². The van der Waals surface area contributed by atoms with E-state index in [1.54, 1.807) is 6.20 Å². The van der Waals surface area contributed by atoms with Crippen molar-refractivity contribution in [2.45, 2.75) is 20.8 Å². The van der Waals surface area contributed by atoms with Crippen molar-refractivity contribution in [2.75, 3.05) is 11.9 Å². The summed E-state index contributed by atoms with van der Waals surface area (Å²) in [6.45, 7) is 7.02. The summed E-state index contributed by atoms with van der Waals surface area (Å²) < 4.78 is 0. The van der Waals surface area contributed by atoms with E-state index in [4.69, 9.17) is 12.2 Å². The Morgan fingerprint density at radius 1 is 1.53 bits per heavy atom. The minimum atomic E-state index is 0.571. The molecule has 0 saturated heterocycles. The van der Waals surface area contributed by atoms with Crippen LogP contribution in [0.15, 0.2) is 12.3 Å². The first-order chi connectivity index (χ1) is 7.09. The minimum Gasteiger partial charge on any atom is -0.362 e. The molecule has 0 aliphatic rings. The van der Waals surface area contributed by atoms with Gasteiger partial charge in [-0.3, -0.25) is 0 Å². The van der Waals surface area contributed by atoms with Crippen LogP contribution in [0.1, 0.15) is 19.5 Å². The highest BCUT2D eigenvalue weighted by molar-refractivity contribution is 7.80. The fourth-order valence-electron chi connectivity index (χ4n) is 0.998. The second kappa shape index (κ2) is 5.60. The van der Waals surface area contributed by atoms with Crippen LogP contribution in [0.3, 0.4) is 0 Å². The molecule has 0 atom stereocenters. The van der Waals surface area contributed by atoms with Crippen LogP contribution in [0.25, 0.3) is 0 Å². The van der Waals surface area contributed by atoms with Gasteiger partial charge in [0, 0.05) is 6.54 Å². The van der Waals surface area contributed by atoms with Crippen molar-refractivity contribution in [3.63, 3.8) is 0 Å². The molecule has 0 amide bonds. The maximum Gasteiger partial charge on any atom is 0.170 e. The number of hydrogen-bond acceptors (Lipinski definition) is 3. The summed E-state index contributed by atoms with van der Waals surface area (Å²) in [5, 5.41) is 14.5. The Bertz CT molecular complexity index is 338. The second-order valence-corrected chi connectivity index (χ2v) is 4.17. The molecule has 0 bridgehead atoms. The third-order valence-corrected chi connectivity index (χ3v) is 2.07. The van der Waals surface area contributed by atoms with E-state index in [-0.39, 0.29) is 0 Å². The first kappa shape index (κ1) is 11.8. The third-order valence-electron chi connectivity index (χ3n) is 1.82. The maximum absolute atomic E-state index is 5.14. The molecule has 4 nitrogen and oxygen atoms in total. The van der Waals surface area contributed by atoms with Gasteiger partial charge in [0.15, 0.2) is 5.11 Å². The first-order valence-corrected chi connectivity index (χ1v) is 5.33. The fourth-order valence-corrected chi connectivity index (χ4v) is 1.19. The molecule has 0 radical (unpaired) electrons. The minimum absolute atomic E-state index is 0.571. The fraction of sp³-hybridized carbons (Fsp3) is 0.500. The zero-order chi connectivity index (χ0) is 11.3. The zero-order valence-electron chi connectivity index (χ0n) is 9.24. The summed E-state index contributed by atoms with van der Waals surface area (Å²) in [4.78, 5) is 0. The molecule has 1 heterocycles. The van der Waals surface area contributed by atoms with Crippen LogP contribution < -0.4 is 10.6 Å². The number of anilines is 1. The Labute approximate surface area is 95.5 Å². The van der Waals surface area contributed by atoms with Crippen molar-refractivity contribution in [1.29, 1.82) is 0 Å². The van der Waals surface area contributed by atoms with E-state index in [2.05, 4.69) is 34.7 Å². The Balaban J connectivity index is 2.48. The van der Waals surface area contributed by atoms with Gasteiger partial charge in [-0.2, -0.15) is 10.2 Å². The Kier molecular flexibility index (Phi) is 4.42. The molecule has 5 heteroatoms. The van der Waals surface area contributed by atoms with Crippen LogP contribution in [0.2, 0.25) is 0 Å². The van der Waals surface area contributed by atoms with Crippen LogP contribution in [0.5, 0.6) is 0 Å². The molecule has 0 spiro atoms. The maximum atomic E-state index is 5.14. The predicted octanol–water partition coefficient (Wildman–Crippen LogP) is 1.73. The lowest BCUT2D eigenvalue weighted by Crippen LogP contribution is -2.31. The van der Waals surface area contributed by atoms with Gasteiger partial charge in [-0.1, -0.05) is 13.8 Å². The lowest BCUT2D eigenvalue weighted by atomic mass is 10.2. The molecule has 82 valence electrons. The average molecular weight is 224 g/mol. The second-order valence-electron chi connectivity index (χ2n) is 3.76. The van der Waals surface area contributed by atoms with Gasteiger partial charge >= 0.3 is 0 Å². The van der Waals surface area contributed by atoms with Gasteiger partial charge in [0.25, 0.3) is 0 Å². The highest BCUT2D eigenvalue weighted by Gasteiger charge is 2.01. The lowest BCUT2D eigenvalue weighted by Gasteiger charge is -2.12. The van der Waals surface area contributed by atoms with E-state index < -0.39 is 0 Å². The zero-order valence-corrected chi connectivity index (χ0v) is 10.1. The largest absolute Gasteiger partial charge is 0.362 e. The summed E-state index contributed by atoms with van der Waals surface area (Å²) >= 11 is 5.14. The molecule has 0 fully saturated rings. The Morgan fingerprint density at radius 3 is 2.87 bits per heavy atom. The number of rotatable bonds is 3. The summed E-state index contributed by atoms with van der Waals surface area (Å²) in [5.41, 5.74) is 1.73. The van der Waals surface area contributed by atoms with Crippen molar-refractivity contribution >= 4 is 23.0 Å². The summed E-state index contributed by atoms with van der Waals surface area (Å²) in [7, 11) is 0. The number of aromatic nitrogens is 2. The van der Waals surface area contributed by atoms with Gasteiger partial charge < -0.3 is 10.6 Å². The van der Waals surface area contributed by atoms with Crippen molar-refractivity contribution in [2.24, 2.45) is 5.92 Å². The molecule has 1 aromatic rings. The highest BCUT2D eigenvalue weighted by Crippen LogP contribution is 2.08. The number of nitrogens with zero attached hydrogens (tertiary/aromatic N) is 2. The average Bonchev–Trinajstić information content (AvgIpc) is 2.18. The molecule has 0 unspecified atom stereocenters. The van der Waals surface area contributed by atoms with Gasteiger partial charge in [0.2, 0.25) is 0 Å². The molecule has 2 N–H and O–H groups in total. The molecule has 1 rings (SSSR count). The van der Waals surface area contributed by atoms with E-state index in [1.807, 2.05) is 13.0 Å². The monoisotopic (exact) mass is 224 g/mol. The topological polar surface area (TPSA) is 49.8 Å². The molecule has 1 aromatic heterocycles. The normalized spacial score (nSPS) is 10.1. The summed E-state index contributed by atoms with van der Waals surface area (Å²) in [5.74, 6) is 0.571. The Morgan fingerprint density at radius 2 is 2.27 bits per heavy atom. The predicted molar refractivity (Wildman–Crippen MR) is 65.8 cm³/mol. The standard InChI is InChI=1S/C10H16N4S/c1-7(2)6-11-10(15)13-9-4-5-12-14-8(9)3/h4-5,7H,6H2,1-3H3,(H2,11,12,13,15). The number of nitrogens with one attached hydrogen (secondary N) is 2. The van der Waals surface area contributed by atoms with Crippen molar-refractivity contribution in [3.8, 4) is 0 Å². The van der Waals surface area contributed by atoms with E-state index in [9.17, 15) is 0 Å². The van der Waals surface area contributed by atoms with E-state index >= 15 is 0 Å². The highest BCUT2D eigenvalue weighted by atomic mass is 32.1. The number of aryl methyl sites for hydroxylation is 1. The van der Waals surface area contributed by atoms with Crippen LogP contribution in [-0.2, 0) is 0 Å². The molecule has 0 aromatic carbocycles. The molecule has 0 aliphatic heterocycles. The van der Waals surface area contributed by atoms with Crippen LogP contribution in [0.4, 0.5) is 5.69 Å². The molecule has 15 heavy (non-hydrogen) atoms. The first-order valence-electron chi connectivity index (χ1n) is 4.92. The Hall–Kier alpha value is -1.23. The van der Waals surface area contributed by atoms with Gasteiger partial charge in [-0.05, 0) is 31.1 Å². The number of thiocarbonyl (C=S) groups is 1. The van der Waals surface area contributed by atoms with Crippen molar-refractivity contribution < 1.29 is 0 Å². The smallest absolute Gasteiger partial charge is 0.170 e. The third kappa shape index (κ3) is 4.20. The number of hydrogen-bond donors (Lipinski definition) is 2. The molecular formula is C10H16N4S. The van der Waals surface area contributed by atoms with E-state index in [0.717, 1.165) is 17.9 Å². The van der Waals surface area contributed by atoms with Crippen molar-refractivity contribution in [3.05, 3.63) is 18.0 Å². The molecule has 0 aliphatic carbocycles. The summed E-state index contributed by atoms with van der Waals surface area (Å²) in [6, 6.07) is 1.85. The van der Waals surface area contributed by atoms with Gasteiger partial charge in [0.1, 0.15) is 0 Å². The van der Waals surface area contributed by atoms with E-state index in [0.29, 0.717) is 11.0 Å². The van der Waals surface area contributed by atoms with Crippen LogP contribution in [-0.4, -0.2) is 21.9 Å². The lowest BCUT2D eigenvalue weighted by molar-refractivity contribution is 0.627. The van der Waals surface area contributed by atoms with Gasteiger partial charge in [-0.25, -0.2) is 0 Å². The SMILES string of the molecule is Cc1nnccc1NC(=S)NCC(C)C. The quantitative estimate of drug-likeness (QED) is 0.766.